The molecule has 2 N–H and O–H groups in total. The molecule has 0 radical (unpaired) electrons. The molecule has 2 aliphatic rings. The maximum Gasteiger partial charge on any atom is 0.243 e. The van der Waals surface area contributed by atoms with Crippen LogP contribution in [0.3, 0.4) is 0 Å². The van der Waals surface area contributed by atoms with Crippen LogP contribution in [0.15, 0.2) is 46.2 Å². The van der Waals surface area contributed by atoms with Gasteiger partial charge in [0.15, 0.2) is 0 Å². The van der Waals surface area contributed by atoms with Gasteiger partial charge < -0.3 is 15.4 Å². The molecule has 4 rings (SSSR count). The van der Waals surface area contributed by atoms with Gasteiger partial charge in [0.1, 0.15) is 5.75 Å². The summed E-state index contributed by atoms with van der Waals surface area (Å²) in [7, 11) is -2.18. The number of piperidine rings is 1. The lowest BCUT2D eigenvalue weighted by Crippen LogP contribution is -2.41. The number of carbonyl (C=O) groups excluding carboxylic acids is 2. The van der Waals surface area contributed by atoms with E-state index in [-0.39, 0.29) is 41.0 Å². The van der Waals surface area contributed by atoms with Crippen molar-refractivity contribution in [3.63, 3.8) is 0 Å². The van der Waals surface area contributed by atoms with Crippen LogP contribution >= 0.6 is 11.8 Å². The number of ether oxygens (including phenoxy) is 1. The van der Waals surface area contributed by atoms with Crippen LogP contribution in [-0.4, -0.2) is 50.0 Å². The van der Waals surface area contributed by atoms with Crippen LogP contribution in [0.4, 0.5) is 11.4 Å². The number of thioether (sulfide) groups is 1. The van der Waals surface area contributed by atoms with E-state index in [1.54, 1.807) is 25.3 Å². The number of sulfonamides is 1. The fourth-order valence-electron chi connectivity index (χ4n) is 4.01. The number of carbonyl (C=O) groups is 2. The van der Waals surface area contributed by atoms with Crippen LogP contribution < -0.4 is 15.4 Å². The number of nitrogens with zero attached hydrogens (tertiary/aromatic N) is 1. The number of nitrogens with one attached hydrogen (secondary N) is 2. The Morgan fingerprint density at radius 1 is 1.18 bits per heavy atom. The van der Waals surface area contributed by atoms with Gasteiger partial charge in [-0.15, -0.1) is 11.8 Å². The topological polar surface area (TPSA) is 105 Å². The molecular formula is C23H27N3O5S2. The highest BCUT2D eigenvalue weighted by atomic mass is 32.2. The summed E-state index contributed by atoms with van der Waals surface area (Å²) in [4.78, 5) is 25.8. The third-order valence-corrected chi connectivity index (χ3v) is 9.03. The highest BCUT2D eigenvalue weighted by Gasteiger charge is 2.33. The molecule has 176 valence electrons. The Hall–Kier alpha value is -2.56. The molecule has 33 heavy (non-hydrogen) atoms. The lowest BCUT2D eigenvalue weighted by atomic mass is 9.97. The third-order valence-electron chi connectivity index (χ3n) is 5.96. The number of anilines is 2. The summed E-state index contributed by atoms with van der Waals surface area (Å²) in [6, 6.07) is 10.4. The van der Waals surface area contributed by atoms with Crippen molar-refractivity contribution >= 4 is 45.0 Å². The van der Waals surface area contributed by atoms with E-state index < -0.39 is 10.0 Å². The molecule has 8 nitrogen and oxygen atoms in total. The quantitative estimate of drug-likeness (QED) is 0.666. The average molecular weight is 490 g/mol. The lowest BCUT2D eigenvalue weighted by Gasteiger charge is -2.31. The number of amides is 2. The zero-order valence-corrected chi connectivity index (χ0v) is 20.4. The van der Waals surface area contributed by atoms with Gasteiger partial charge in [0, 0.05) is 23.9 Å². The van der Waals surface area contributed by atoms with Crippen LogP contribution in [0.5, 0.6) is 5.75 Å². The summed E-state index contributed by atoms with van der Waals surface area (Å²) < 4.78 is 33.1. The van der Waals surface area contributed by atoms with Crippen LogP contribution in [0, 0.1) is 12.8 Å². The van der Waals surface area contributed by atoms with Gasteiger partial charge in [-0.1, -0.05) is 6.07 Å². The summed E-state index contributed by atoms with van der Waals surface area (Å²) >= 11 is 1.41. The minimum absolute atomic E-state index is 0.140. The maximum absolute atomic E-state index is 13.2. The summed E-state index contributed by atoms with van der Waals surface area (Å²) in [5.41, 5.74) is 2.13. The molecule has 2 aromatic carbocycles. The van der Waals surface area contributed by atoms with Gasteiger partial charge in [0.25, 0.3) is 0 Å². The molecule has 1 fully saturated rings. The van der Waals surface area contributed by atoms with Gasteiger partial charge >= 0.3 is 0 Å². The monoisotopic (exact) mass is 489 g/mol. The zero-order valence-electron chi connectivity index (χ0n) is 18.8. The van der Waals surface area contributed by atoms with Gasteiger partial charge in [-0.05, 0) is 62.6 Å². The van der Waals surface area contributed by atoms with E-state index in [0.717, 1.165) is 10.5 Å². The predicted octanol–water partition coefficient (Wildman–Crippen LogP) is 3.48. The minimum atomic E-state index is -3.73. The molecule has 0 saturated carbocycles. The van der Waals surface area contributed by atoms with E-state index in [4.69, 9.17) is 4.74 Å². The number of hydrogen-bond acceptors (Lipinski definition) is 6. The van der Waals surface area contributed by atoms with Crippen molar-refractivity contribution in [3.05, 3.63) is 42.0 Å². The van der Waals surface area contributed by atoms with Gasteiger partial charge in [-0.25, -0.2) is 8.42 Å². The molecule has 10 heteroatoms. The molecule has 2 amide bonds. The first-order valence-corrected chi connectivity index (χ1v) is 13.1. The number of hydrogen-bond donors (Lipinski definition) is 2. The highest BCUT2D eigenvalue weighted by molar-refractivity contribution is 8.01. The Morgan fingerprint density at radius 2 is 1.91 bits per heavy atom. The van der Waals surface area contributed by atoms with E-state index >= 15 is 0 Å². The van der Waals surface area contributed by atoms with Crippen molar-refractivity contribution in [3.8, 4) is 5.75 Å². The molecular weight excluding hydrogens is 462 g/mol. The molecule has 0 bridgehead atoms. The number of aryl methyl sites for hydroxylation is 1. The Morgan fingerprint density at radius 3 is 2.61 bits per heavy atom. The van der Waals surface area contributed by atoms with Crippen molar-refractivity contribution < 1.29 is 22.7 Å². The molecule has 2 aliphatic heterocycles. The largest absolute Gasteiger partial charge is 0.495 e. The van der Waals surface area contributed by atoms with Crippen LogP contribution in [0.1, 0.15) is 25.3 Å². The average Bonchev–Trinajstić information content (AvgIpc) is 2.79. The summed E-state index contributed by atoms with van der Waals surface area (Å²) in [6.07, 6.45) is 0.850. The molecule has 2 aromatic rings. The Kier molecular flexibility index (Phi) is 6.69. The first-order chi connectivity index (χ1) is 15.7. The summed E-state index contributed by atoms with van der Waals surface area (Å²) in [5, 5.41) is 5.48. The first kappa shape index (κ1) is 23.6. The molecule has 1 saturated heterocycles. The third kappa shape index (κ3) is 4.87. The van der Waals surface area contributed by atoms with E-state index in [0.29, 0.717) is 30.0 Å². The fraction of sp³-hybridized carbons (Fsp3) is 0.391. The van der Waals surface area contributed by atoms with Gasteiger partial charge in [-0.2, -0.15) is 4.31 Å². The molecule has 2 heterocycles. The van der Waals surface area contributed by atoms with Gasteiger partial charge in [0.05, 0.1) is 28.6 Å². The van der Waals surface area contributed by atoms with Crippen LogP contribution in [0.2, 0.25) is 0 Å². The van der Waals surface area contributed by atoms with Gasteiger partial charge in [0.2, 0.25) is 21.8 Å². The first-order valence-electron chi connectivity index (χ1n) is 10.8. The summed E-state index contributed by atoms with van der Waals surface area (Å²) in [6.45, 7) is 4.24. The van der Waals surface area contributed by atoms with Gasteiger partial charge in [-0.3, -0.25) is 9.59 Å². The Balaban J connectivity index is 1.42. The fourth-order valence-corrected chi connectivity index (χ4v) is 6.44. The molecule has 0 spiro atoms. The van der Waals surface area contributed by atoms with Crippen LogP contribution in [0.25, 0.3) is 0 Å². The normalized spacial score (nSPS) is 19.5. The molecule has 0 unspecified atom stereocenters. The number of benzene rings is 2. The maximum atomic E-state index is 13.2. The van der Waals surface area contributed by atoms with E-state index in [2.05, 4.69) is 10.6 Å². The standard InChI is InChI=1S/C23H27N3O5S2/c1-14-4-6-20(31-3)18(12-14)24-23(28)16-8-10-26(11-9-16)33(29,30)17-5-7-21-19(13-17)25-22(27)15(2)32-21/h4-7,12-13,15-16H,8-11H2,1-3H3,(H,24,28)(H,25,27)/t15-/m0/s1. The Bertz CT molecular complexity index is 1190. The molecule has 0 aliphatic carbocycles. The minimum Gasteiger partial charge on any atom is -0.495 e. The summed E-state index contributed by atoms with van der Waals surface area (Å²) in [5.74, 6) is 0.0149. The van der Waals surface area contributed by atoms with E-state index in [1.165, 1.54) is 22.1 Å². The van der Waals surface area contributed by atoms with E-state index in [1.807, 2.05) is 26.0 Å². The second-order valence-electron chi connectivity index (χ2n) is 8.28. The highest BCUT2D eigenvalue weighted by Crippen LogP contribution is 2.37. The van der Waals surface area contributed by atoms with Crippen molar-refractivity contribution in [2.45, 2.75) is 41.7 Å². The smallest absolute Gasteiger partial charge is 0.243 e. The van der Waals surface area contributed by atoms with Crippen molar-refractivity contribution in [2.24, 2.45) is 5.92 Å². The molecule has 1 atom stereocenters. The van der Waals surface area contributed by atoms with Crippen molar-refractivity contribution in [1.29, 1.82) is 0 Å². The predicted molar refractivity (Wildman–Crippen MR) is 128 cm³/mol. The van der Waals surface area contributed by atoms with Crippen LogP contribution in [-0.2, 0) is 19.6 Å². The molecule has 0 aromatic heterocycles. The number of fused-ring (bicyclic) bond motifs is 1. The number of rotatable bonds is 5. The van der Waals surface area contributed by atoms with Crippen molar-refractivity contribution in [1.82, 2.24) is 4.31 Å². The second kappa shape index (κ2) is 9.36. The van der Waals surface area contributed by atoms with E-state index in [9.17, 15) is 18.0 Å². The Labute approximate surface area is 198 Å². The SMILES string of the molecule is COc1ccc(C)cc1NC(=O)C1CCN(S(=O)(=O)c2ccc3c(c2)NC(=O)[C@H](C)S3)CC1. The number of methoxy groups -OCH3 is 1. The zero-order chi connectivity index (χ0) is 23.8. The van der Waals surface area contributed by atoms with Crippen molar-refractivity contribution in [2.75, 3.05) is 30.8 Å². The second-order valence-corrected chi connectivity index (χ2v) is 11.6. The lowest BCUT2D eigenvalue weighted by molar-refractivity contribution is -0.121.